The zero-order valence-electron chi connectivity index (χ0n) is 12.0. The number of amides is 1. The quantitative estimate of drug-likeness (QED) is 0.794. The van der Waals surface area contributed by atoms with E-state index in [1.165, 1.54) is 0 Å². The molecule has 1 aliphatic heterocycles. The third kappa shape index (κ3) is 3.83. The molecule has 1 aromatic rings. The van der Waals surface area contributed by atoms with Gasteiger partial charge in [0.2, 0.25) is 0 Å². The van der Waals surface area contributed by atoms with Gasteiger partial charge in [0.15, 0.2) is 0 Å². The van der Waals surface area contributed by atoms with Gasteiger partial charge in [0.05, 0.1) is 5.01 Å². The molecule has 5 nitrogen and oxygen atoms in total. The van der Waals surface area contributed by atoms with Gasteiger partial charge in [0.1, 0.15) is 11.4 Å². The predicted molar refractivity (Wildman–Crippen MR) is 76.9 cm³/mol. The highest BCUT2D eigenvalue weighted by atomic mass is 32.1. The molecule has 0 aromatic carbocycles. The molecule has 19 heavy (non-hydrogen) atoms. The Kier molecular flexibility index (Phi) is 3.99. The minimum atomic E-state index is -0.430. The van der Waals surface area contributed by atoms with E-state index in [0.29, 0.717) is 13.1 Å². The fraction of sp³-hybridized carbons (Fsp3) is 0.692. The molecule has 0 aliphatic carbocycles. The summed E-state index contributed by atoms with van der Waals surface area (Å²) in [5.74, 6) is 1.02. The third-order valence-electron chi connectivity index (χ3n) is 2.86. The Morgan fingerprint density at radius 2 is 1.95 bits per heavy atom. The molecular formula is C13H21N3O2S. The number of anilines is 1. The van der Waals surface area contributed by atoms with Crippen molar-refractivity contribution in [1.82, 2.24) is 9.88 Å². The summed E-state index contributed by atoms with van der Waals surface area (Å²) < 4.78 is 5.38. The standard InChI is InChI=1S/C13H21N3O2S/c1-10-14-11(9-19-10)15-5-7-16(8-6-15)12(17)18-13(2,3)4/h9H,5-8H2,1-4H3. The molecule has 0 radical (unpaired) electrons. The molecule has 1 aliphatic rings. The summed E-state index contributed by atoms with van der Waals surface area (Å²) >= 11 is 1.66. The lowest BCUT2D eigenvalue weighted by molar-refractivity contribution is 0.0240. The van der Waals surface area contributed by atoms with Gasteiger partial charge < -0.3 is 14.5 Å². The minimum absolute atomic E-state index is 0.221. The van der Waals surface area contributed by atoms with Crippen molar-refractivity contribution in [3.05, 3.63) is 10.4 Å². The number of aromatic nitrogens is 1. The summed E-state index contributed by atoms with van der Waals surface area (Å²) in [6, 6.07) is 0. The number of piperazine rings is 1. The van der Waals surface area contributed by atoms with Crippen molar-refractivity contribution in [3.8, 4) is 0 Å². The molecule has 2 heterocycles. The van der Waals surface area contributed by atoms with Crippen molar-refractivity contribution in [2.75, 3.05) is 31.1 Å². The molecular weight excluding hydrogens is 262 g/mol. The van der Waals surface area contributed by atoms with Gasteiger partial charge >= 0.3 is 6.09 Å². The second-order valence-electron chi connectivity index (χ2n) is 5.68. The minimum Gasteiger partial charge on any atom is -0.444 e. The summed E-state index contributed by atoms with van der Waals surface area (Å²) in [5.41, 5.74) is -0.430. The molecule has 0 saturated carbocycles. The first-order valence-corrected chi connectivity index (χ1v) is 7.38. The summed E-state index contributed by atoms with van der Waals surface area (Å²) in [4.78, 5) is 20.4. The molecule has 0 bridgehead atoms. The first-order valence-electron chi connectivity index (χ1n) is 6.50. The number of thiazole rings is 1. The van der Waals surface area contributed by atoms with Crippen LogP contribution >= 0.6 is 11.3 Å². The van der Waals surface area contributed by atoms with Crippen LogP contribution in [-0.2, 0) is 4.74 Å². The Morgan fingerprint density at radius 3 is 2.42 bits per heavy atom. The van der Waals surface area contributed by atoms with Crippen LogP contribution in [0.5, 0.6) is 0 Å². The normalized spacial score (nSPS) is 16.6. The molecule has 2 rings (SSSR count). The van der Waals surface area contributed by atoms with Gasteiger partial charge in [-0.1, -0.05) is 0 Å². The lowest BCUT2D eigenvalue weighted by atomic mass is 10.2. The second-order valence-corrected chi connectivity index (χ2v) is 6.74. The number of ether oxygens (including phenoxy) is 1. The van der Waals surface area contributed by atoms with Crippen molar-refractivity contribution in [1.29, 1.82) is 0 Å². The fourth-order valence-corrected chi connectivity index (χ4v) is 2.57. The highest BCUT2D eigenvalue weighted by Crippen LogP contribution is 2.20. The Hall–Kier alpha value is -1.30. The summed E-state index contributed by atoms with van der Waals surface area (Å²) in [6.45, 7) is 10.7. The number of hydrogen-bond acceptors (Lipinski definition) is 5. The number of hydrogen-bond donors (Lipinski definition) is 0. The molecule has 6 heteroatoms. The first-order chi connectivity index (χ1) is 8.85. The molecule has 106 valence electrons. The molecule has 1 saturated heterocycles. The predicted octanol–water partition coefficient (Wildman–Crippen LogP) is 2.51. The van der Waals surface area contributed by atoms with Crippen molar-refractivity contribution >= 4 is 23.2 Å². The van der Waals surface area contributed by atoms with Crippen LogP contribution in [0, 0.1) is 6.92 Å². The largest absolute Gasteiger partial charge is 0.444 e. The zero-order valence-corrected chi connectivity index (χ0v) is 12.8. The maximum Gasteiger partial charge on any atom is 0.410 e. The van der Waals surface area contributed by atoms with Crippen LogP contribution in [0.2, 0.25) is 0 Å². The summed E-state index contributed by atoms with van der Waals surface area (Å²) in [7, 11) is 0. The van der Waals surface area contributed by atoms with E-state index in [4.69, 9.17) is 4.74 Å². The smallest absolute Gasteiger partial charge is 0.410 e. The van der Waals surface area contributed by atoms with E-state index in [0.717, 1.165) is 23.9 Å². The second kappa shape index (κ2) is 5.36. The number of carbonyl (C=O) groups is 1. The van der Waals surface area contributed by atoms with Crippen LogP contribution in [0.1, 0.15) is 25.8 Å². The number of aryl methyl sites for hydroxylation is 1. The van der Waals surface area contributed by atoms with Gasteiger partial charge in [-0.05, 0) is 27.7 Å². The van der Waals surface area contributed by atoms with Crippen molar-refractivity contribution in [2.24, 2.45) is 0 Å². The Balaban J connectivity index is 1.87. The van der Waals surface area contributed by atoms with Gasteiger partial charge in [-0.3, -0.25) is 0 Å². The number of nitrogens with zero attached hydrogens (tertiary/aromatic N) is 3. The molecule has 1 aromatic heterocycles. The summed E-state index contributed by atoms with van der Waals surface area (Å²) in [6.07, 6.45) is -0.221. The van der Waals surface area contributed by atoms with Gasteiger partial charge in [-0.2, -0.15) is 0 Å². The topological polar surface area (TPSA) is 45.7 Å². The summed E-state index contributed by atoms with van der Waals surface area (Å²) in [5, 5.41) is 3.14. The van der Waals surface area contributed by atoms with Crippen LogP contribution < -0.4 is 4.90 Å². The lowest BCUT2D eigenvalue weighted by Crippen LogP contribution is -2.50. The van der Waals surface area contributed by atoms with Gasteiger partial charge in [-0.15, -0.1) is 11.3 Å². The van der Waals surface area contributed by atoms with Crippen LogP contribution in [0.4, 0.5) is 10.6 Å². The van der Waals surface area contributed by atoms with Crippen molar-refractivity contribution < 1.29 is 9.53 Å². The maximum atomic E-state index is 11.9. The monoisotopic (exact) mass is 283 g/mol. The Morgan fingerprint density at radius 1 is 1.32 bits per heavy atom. The number of carbonyl (C=O) groups excluding carboxylic acids is 1. The van der Waals surface area contributed by atoms with E-state index >= 15 is 0 Å². The highest BCUT2D eigenvalue weighted by Gasteiger charge is 2.26. The molecule has 1 amide bonds. The third-order valence-corrected chi connectivity index (χ3v) is 3.62. The van der Waals surface area contributed by atoms with Crippen LogP contribution in [-0.4, -0.2) is 47.8 Å². The average molecular weight is 283 g/mol. The first kappa shape index (κ1) is 14.1. The number of rotatable bonds is 1. The fourth-order valence-electron chi connectivity index (χ4n) is 1.94. The van der Waals surface area contributed by atoms with E-state index in [1.54, 1.807) is 16.2 Å². The average Bonchev–Trinajstić information content (AvgIpc) is 2.74. The van der Waals surface area contributed by atoms with E-state index in [9.17, 15) is 4.79 Å². The molecule has 0 atom stereocenters. The van der Waals surface area contributed by atoms with Crippen LogP contribution in [0.3, 0.4) is 0 Å². The van der Waals surface area contributed by atoms with E-state index in [1.807, 2.05) is 27.7 Å². The highest BCUT2D eigenvalue weighted by molar-refractivity contribution is 7.09. The van der Waals surface area contributed by atoms with Gasteiger partial charge in [0, 0.05) is 31.6 Å². The SMILES string of the molecule is Cc1nc(N2CCN(C(=O)OC(C)(C)C)CC2)cs1. The van der Waals surface area contributed by atoms with Gasteiger partial charge in [-0.25, -0.2) is 9.78 Å². The molecule has 0 unspecified atom stereocenters. The van der Waals surface area contributed by atoms with E-state index in [-0.39, 0.29) is 6.09 Å². The Labute approximate surface area is 118 Å². The molecule has 0 N–H and O–H groups in total. The zero-order chi connectivity index (χ0) is 14.0. The lowest BCUT2D eigenvalue weighted by Gasteiger charge is -2.35. The molecule has 0 spiro atoms. The molecule has 1 fully saturated rings. The van der Waals surface area contributed by atoms with E-state index < -0.39 is 5.60 Å². The van der Waals surface area contributed by atoms with Crippen molar-refractivity contribution in [3.63, 3.8) is 0 Å². The van der Waals surface area contributed by atoms with Crippen LogP contribution in [0.15, 0.2) is 5.38 Å². The van der Waals surface area contributed by atoms with Gasteiger partial charge in [0.25, 0.3) is 0 Å². The van der Waals surface area contributed by atoms with Crippen molar-refractivity contribution in [2.45, 2.75) is 33.3 Å². The maximum absolute atomic E-state index is 11.9. The Bertz CT molecular complexity index is 445. The van der Waals surface area contributed by atoms with Crippen LogP contribution in [0.25, 0.3) is 0 Å². The van der Waals surface area contributed by atoms with E-state index in [2.05, 4.69) is 15.3 Å².